The summed E-state index contributed by atoms with van der Waals surface area (Å²) < 4.78 is 6.43. The molecular weight excluding hydrogens is 344 g/mol. The van der Waals surface area contributed by atoms with E-state index in [1.807, 2.05) is 24.1 Å². The number of nitrogens with one attached hydrogen (secondary N) is 1. The maximum Gasteiger partial charge on any atom is 0.230 e. The average molecular weight is 369 g/mol. The average Bonchev–Trinajstić information content (AvgIpc) is 2.54. The predicted molar refractivity (Wildman–Crippen MR) is 91.9 cm³/mol. The van der Waals surface area contributed by atoms with Crippen molar-refractivity contribution >= 4 is 21.8 Å². The van der Waals surface area contributed by atoms with Gasteiger partial charge in [-0.25, -0.2) is 0 Å². The molecule has 22 heavy (non-hydrogen) atoms. The maximum absolute atomic E-state index is 12.9. The molecule has 1 N–H and O–H groups in total. The Balaban J connectivity index is 1.96. The molecular formula is C17H25BrN2O2. The van der Waals surface area contributed by atoms with E-state index in [4.69, 9.17) is 4.74 Å². The number of piperidine rings is 1. The summed E-state index contributed by atoms with van der Waals surface area (Å²) in [5.74, 6) is 0.216. The fourth-order valence-corrected chi connectivity index (χ4v) is 3.32. The third-order valence-electron chi connectivity index (χ3n) is 4.43. The monoisotopic (exact) mass is 368 g/mol. The topological polar surface area (TPSA) is 41.6 Å². The minimum atomic E-state index is -0.353. The van der Waals surface area contributed by atoms with Crippen molar-refractivity contribution < 1.29 is 9.53 Å². The molecule has 5 heteroatoms. The SMILES string of the molecule is COCC1(C(=O)N(C)CCc2ccc(Br)cc2)CCNCC1. The minimum Gasteiger partial charge on any atom is -0.384 e. The van der Waals surface area contributed by atoms with Crippen molar-refractivity contribution in [1.29, 1.82) is 0 Å². The lowest BCUT2D eigenvalue weighted by Crippen LogP contribution is -2.51. The van der Waals surface area contributed by atoms with Crippen LogP contribution in [-0.4, -0.2) is 51.2 Å². The standard InChI is InChI=1S/C17H25BrN2O2/c1-20(12-7-14-3-5-15(18)6-4-14)16(21)17(13-22-2)8-10-19-11-9-17/h3-6,19H,7-13H2,1-2H3. The molecule has 0 saturated carbocycles. The van der Waals surface area contributed by atoms with Crippen molar-refractivity contribution in [3.8, 4) is 0 Å². The number of hydrogen-bond donors (Lipinski definition) is 1. The molecule has 1 aliphatic rings. The molecule has 0 aromatic heterocycles. The summed E-state index contributed by atoms with van der Waals surface area (Å²) in [4.78, 5) is 14.8. The van der Waals surface area contributed by atoms with Crippen LogP contribution in [0.2, 0.25) is 0 Å². The zero-order valence-electron chi connectivity index (χ0n) is 13.4. The van der Waals surface area contributed by atoms with Crippen LogP contribution in [0.4, 0.5) is 0 Å². The molecule has 0 spiro atoms. The van der Waals surface area contributed by atoms with Crippen LogP contribution in [0.1, 0.15) is 18.4 Å². The van der Waals surface area contributed by atoms with Gasteiger partial charge in [-0.05, 0) is 50.0 Å². The van der Waals surface area contributed by atoms with Crippen molar-refractivity contribution in [1.82, 2.24) is 10.2 Å². The van der Waals surface area contributed by atoms with Gasteiger partial charge in [-0.1, -0.05) is 28.1 Å². The molecule has 122 valence electrons. The Morgan fingerprint density at radius 3 is 2.55 bits per heavy atom. The van der Waals surface area contributed by atoms with Crippen molar-refractivity contribution in [3.63, 3.8) is 0 Å². The van der Waals surface area contributed by atoms with E-state index in [0.717, 1.165) is 43.4 Å². The number of methoxy groups -OCH3 is 1. The maximum atomic E-state index is 12.9. The lowest BCUT2D eigenvalue weighted by molar-refractivity contribution is -0.146. The van der Waals surface area contributed by atoms with E-state index in [2.05, 4.69) is 33.4 Å². The van der Waals surface area contributed by atoms with E-state index in [-0.39, 0.29) is 11.3 Å². The second-order valence-corrected chi connectivity index (χ2v) is 6.98. The highest BCUT2D eigenvalue weighted by Crippen LogP contribution is 2.31. The normalized spacial score (nSPS) is 17.2. The Morgan fingerprint density at radius 1 is 1.32 bits per heavy atom. The van der Waals surface area contributed by atoms with Gasteiger partial charge in [0.2, 0.25) is 5.91 Å². The summed E-state index contributed by atoms with van der Waals surface area (Å²) in [7, 11) is 3.58. The molecule has 2 rings (SSSR count). The second-order valence-electron chi connectivity index (χ2n) is 6.07. The minimum absolute atomic E-state index is 0.216. The van der Waals surface area contributed by atoms with E-state index in [0.29, 0.717) is 6.61 Å². The highest BCUT2D eigenvalue weighted by Gasteiger charge is 2.41. The Hall–Kier alpha value is -0.910. The van der Waals surface area contributed by atoms with Crippen LogP contribution in [0, 0.1) is 5.41 Å². The van der Waals surface area contributed by atoms with Crippen LogP contribution in [0.15, 0.2) is 28.7 Å². The number of rotatable bonds is 6. The van der Waals surface area contributed by atoms with Gasteiger partial charge >= 0.3 is 0 Å². The molecule has 1 amide bonds. The molecule has 1 aromatic carbocycles. The first-order chi connectivity index (χ1) is 10.6. The fourth-order valence-electron chi connectivity index (χ4n) is 3.06. The molecule has 0 bridgehead atoms. The van der Waals surface area contributed by atoms with Gasteiger partial charge in [0.25, 0.3) is 0 Å². The second kappa shape index (κ2) is 8.09. The van der Waals surface area contributed by atoms with E-state index in [1.54, 1.807) is 7.11 Å². The van der Waals surface area contributed by atoms with Crippen LogP contribution in [-0.2, 0) is 16.0 Å². The summed E-state index contributed by atoms with van der Waals surface area (Å²) in [6, 6.07) is 8.27. The number of hydrogen-bond acceptors (Lipinski definition) is 3. The van der Waals surface area contributed by atoms with Gasteiger partial charge in [0.1, 0.15) is 0 Å². The van der Waals surface area contributed by atoms with Gasteiger partial charge in [-0.2, -0.15) is 0 Å². The number of benzene rings is 1. The number of amides is 1. The number of halogens is 1. The van der Waals surface area contributed by atoms with Gasteiger partial charge in [-0.15, -0.1) is 0 Å². The zero-order valence-corrected chi connectivity index (χ0v) is 15.0. The number of ether oxygens (including phenoxy) is 1. The van der Waals surface area contributed by atoms with Gasteiger partial charge in [0, 0.05) is 25.2 Å². The summed E-state index contributed by atoms with van der Waals surface area (Å²) in [6.07, 6.45) is 2.57. The van der Waals surface area contributed by atoms with Crippen LogP contribution < -0.4 is 5.32 Å². The van der Waals surface area contributed by atoms with Crippen LogP contribution >= 0.6 is 15.9 Å². The Bertz CT molecular complexity index is 478. The van der Waals surface area contributed by atoms with Gasteiger partial charge in [0.05, 0.1) is 12.0 Å². The third-order valence-corrected chi connectivity index (χ3v) is 4.96. The van der Waals surface area contributed by atoms with Crippen molar-refractivity contribution in [2.24, 2.45) is 5.41 Å². The first-order valence-electron chi connectivity index (χ1n) is 7.77. The van der Waals surface area contributed by atoms with Crippen molar-refractivity contribution in [2.75, 3.05) is 40.4 Å². The van der Waals surface area contributed by atoms with Gasteiger partial charge in [0.15, 0.2) is 0 Å². The lowest BCUT2D eigenvalue weighted by Gasteiger charge is -2.38. The lowest BCUT2D eigenvalue weighted by atomic mass is 9.78. The fraction of sp³-hybridized carbons (Fsp3) is 0.588. The quantitative estimate of drug-likeness (QED) is 0.838. The van der Waals surface area contributed by atoms with Gasteiger partial charge < -0.3 is 15.0 Å². The van der Waals surface area contributed by atoms with Crippen LogP contribution in [0.3, 0.4) is 0 Å². The number of nitrogens with zero attached hydrogens (tertiary/aromatic N) is 1. The Morgan fingerprint density at radius 2 is 1.95 bits per heavy atom. The van der Waals surface area contributed by atoms with Crippen molar-refractivity contribution in [2.45, 2.75) is 19.3 Å². The van der Waals surface area contributed by atoms with E-state index >= 15 is 0 Å². The molecule has 4 nitrogen and oxygen atoms in total. The number of likely N-dealkylation sites (N-methyl/N-ethyl adjacent to an activating group) is 1. The molecule has 0 unspecified atom stereocenters. The summed E-state index contributed by atoms with van der Waals surface area (Å²) in [6.45, 7) is 3.01. The highest BCUT2D eigenvalue weighted by molar-refractivity contribution is 9.10. The Kier molecular flexibility index (Phi) is 6.41. The molecule has 0 radical (unpaired) electrons. The number of carbonyl (C=O) groups is 1. The predicted octanol–water partition coefficient (Wildman–Crippen LogP) is 2.47. The smallest absolute Gasteiger partial charge is 0.230 e. The first kappa shape index (κ1) is 17.4. The zero-order chi connectivity index (χ0) is 16.0. The van der Waals surface area contributed by atoms with E-state index < -0.39 is 0 Å². The molecule has 1 saturated heterocycles. The van der Waals surface area contributed by atoms with E-state index in [1.165, 1.54) is 5.56 Å². The molecule has 1 aromatic rings. The highest BCUT2D eigenvalue weighted by atomic mass is 79.9. The third kappa shape index (κ3) is 4.31. The van der Waals surface area contributed by atoms with Crippen molar-refractivity contribution in [3.05, 3.63) is 34.3 Å². The summed E-state index contributed by atoms with van der Waals surface area (Å²) >= 11 is 3.44. The molecule has 0 atom stereocenters. The Labute approximate surface area is 141 Å². The number of carbonyl (C=O) groups excluding carboxylic acids is 1. The summed E-state index contributed by atoms with van der Waals surface area (Å²) in [5.41, 5.74) is 0.892. The van der Waals surface area contributed by atoms with E-state index in [9.17, 15) is 4.79 Å². The van der Waals surface area contributed by atoms with Crippen LogP contribution in [0.5, 0.6) is 0 Å². The largest absolute Gasteiger partial charge is 0.384 e. The summed E-state index contributed by atoms with van der Waals surface area (Å²) in [5, 5.41) is 3.32. The molecule has 0 aliphatic carbocycles. The molecule has 1 aliphatic heterocycles. The first-order valence-corrected chi connectivity index (χ1v) is 8.56. The molecule has 1 fully saturated rings. The van der Waals surface area contributed by atoms with Crippen LogP contribution in [0.25, 0.3) is 0 Å². The molecule has 1 heterocycles. The van der Waals surface area contributed by atoms with Gasteiger partial charge in [-0.3, -0.25) is 4.79 Å².